The normalized spacial score (nSPS) is 19.5. The highest BCUT2D eigenvalue weighted by atomic mass is 32.2. The van der Waals surface area contributed by atoms with E-state index >= 15 is 0 Å². The van der Waals surface area contributed by atoms with Crippen molar-refractivity contribution in [3.8, 4) is 0 Å². The van der Waals surface area contributed by atoms with E-state index in [1.54, 1.807) is 11.8 Å². The summed E-state index contributed by atoms with van der Waals surface area (Å²) >= 11 is 1.72. The highest BCUT2D eigenvalue weighted by Gasteiger charge is 2.24. The Morgan fingerprint density at radius 2 is 1.91 bits per heavy atom. The Labute approximate surface area is 152 Å². The van der Waals surface area contributed by atoms with Crippen molar-refractivity contribution in [1.82, 2.24) is 4.90 Å². The number of hydrogen-bond acceptors (Lipinski definition) is 3. The molecule has 3 heteroatoms. The fourth-order valence-electron chi connectivity index (χ4n) is 2.97. The van der Waals surface area contributed by atoms with Gasteiger partial charge in [0.25, 0.3) is 0 Å². The first kappa shape index (κ1) is 10.4. The van der Waals surface area contributed by atoms with Crippen molar-refractivity contribution in [3.05, 3.63) is 48.0 Å². The standard InChI is InChI=1S/C20H26N2S/c1-5-16-10-11-20-18(12-16)22(14-15(2)13-21(3)4)17-8-6-7-9-19(17)23-20/h6-12,15H,5,13-14H2,1-4H3/i3D3,4D3. The van der Waals surface area contributed by atoms with Crippen molar-refractivity contribution in [2.75, 3.05) is 31.9 Å². The maximum Gasteiger partial charge on any atom is 0.0555 e. The van der Waals surface area contributed by atoms with E-state index in [1.165, 1.54) is 5.56 Å². The lowest BCUT2D eigenvalue weighted by molar-refractivity contribution is 0.343. The summed E-state index contributed by atoms with van der Waals surface area (Å²) in [7, 11) is 0. The molecule has 0 bridgehead atoms. The van der Waals surface area contributed by atoms with Crippen LogP contribution in [0.5, 0.6) is 0 Å². The highest BCUT2D eigenvalue weighted by Crippen LogP contribution is 2.48. The van der Waals surface area contributed by atoms with Gasteiger partial charge in [-0.25, -0.2) is 0 Å². The summed E-state index contributed by atoms with van der Waals surface area (Å²) in [5.74, 6) is -0.176. The minimum absolute atomic E-state index is 0.0401. The fourth-order valence-corrected chi connectivity index (χ4v) is 4.05. The van der Waals surface area contributed by atoms with Crippen LogP contribution in [-0.2, 0) is 6.42 Å². The summed E-state index contributed by atoms with van der Waals surface area (Å²) in [6, 6.07) is 14.6. The summed E-state index contributed by atoms with van der Waals surface area (Å²) in [6.45, 7) is -0.825. The molecule has 0 saturated carbocycles. The monoisotopic (exact) mass is 332 g/mol. The molecule has 1 atom stereocenters. The SMILES string of the molecule is [2H]C([2H])([2H])N(CC(C)CN1c2ccccc2Sc2ccc(CC)cc21)C([2H])([2H])[2H]. The van der Waals surface area contributed by atoms with Gasteiger partial charge in [0.1, 0.15) is 0 Å². The van der Waals surface area contributed by atoms with E-state index in [-0.39, 0.29) is 12.5 Å². The summed E-state index contributed by atoms with van der Waals surface area (Å²) in [5.41, 5.74) is 3.39. The minimum Gasteiger partial charge on any atom is -0.339 e. The van der Waals surface area contributed by atoms with Crippen LogP contribution < -0.4 is 4.90 Å². The number of nitrogens with zero attached hydrogens (tertiary/aromatic N) is 2. The molecule has 122 valence electrons. The molecule has 2 aromatic rings. The van der Waals surface area contributed by atoms with Gasteiger partial charge in [-0.15, -0.1) is 0 Å². The first-order valence-electron chi connectivity index (χ1n) is 11.0. The lowest BCUT2D eigenvalue weighted by Gasteiger charge is -2.35. The van der Waals surface area contributed by atoms with E-state index in [0.29, 0.717) is 11.4 Å². The third-order valence-corrected chi connectivity index (χ3v) is 5.22. The molecule has 0 fully saturated rings. The van der Waals surface area contributed by atoms with Gasteiger partial charge in [0.2, 0.25) is 0 Å². The molecular weight excluding hydrogens is 300 g/mol. The van der Waals surface area contributed by atoms with Crippen molar-refractivity contribution < 1.29 is 8.22 Å². The van der Waals surface area contributed by atoms with E-state index in [4.69, 9.17) is 8.22 Å². The number of fused-ring (bicyclic) bond motifs is 2. The lowest BCUT2D eigenvalue weighted by atomic mass is 10.1. The summed E-state index contributed by atoms with van der Waals surface area (Å²) in [4.78, 5) is 5.14. The predicted molar refractivity (Wildman–Crippen MR) is 101 cm³/mol. The quantitative estimate of drug-likeness (QED) is 0.756. The van der Waals surface area contributed by atoms with Gasteiger partial charge < -0.3 is 9.80 Å². The first-order valence-corrected chi connectivity index (χ1v) is 8.77. The molecule has 1 heterocycles. The van der Waals surface area contributed by atoms with Crippen LogP contribution in [0.2, 0.25) is 0 Å². The van der Waals surface area contributed by atoms with Crippen LogP contribution in [0.15, 0.2) is 52.3 Å². The number of benzene rings is 2. The molecule has 2 aromatic carbocycles. The average Bonchev–Trinajstić information content (AvgIpc) is 2.64. The number of anilines is 2. The van der Waals surface area contributed by atoms with Gasteiger partial charge in [0.05, 0.1) is 11.4 Å². The summed E-state index contributed by atoms with van der Waals surface area (Å²) < 4.78 is 45.8. The van der Waals surface area contributed by atoms with Crippen LogP contribution in [0.4, 0.5) is 11.4 Å². The topological polar surface area (TPSA) is 6.48 Å². The molecule has 3 rings (SSSR count). The molecule has 1 aliphatic rings. The van der Waals surface area contributed by atoms with Crippen LogP contribution in [0.3, 0.4) is 0 Å². The number of aryl methyl sites for hydroxylation is 1. The van der Waals surface area contributed by atoms with E-state index < -0.39 is 14.0 Å². The second-order valence-electron chi connectivity index (χ2n) is 6.05. The van der Waals surface area contributed by atoms with Crippen molar-refractivity contribution in [3.63, 3.8) is 0 Å². The summed E-state index contributed by atoms with van der Waals surface area (Å²) in [5, 5.41) is 0. The zero-order valence-electron chi connectivity index (χ0n) is 19.5. The molecule has 0 aromatic heterocycles. The Morgan fingerprint density at radius 1 is 1.13 bits per heavy atom. The molecule has 1 aliphatic heterocycles. The Morgan fingerprint density at radius 3 is 2.70 bits per heavy atom. The summed E-state index contributed by atoms with van der Waals surface area (Å²) in [6.07, 6.45) is 0.925. The average molecular weight is 333 g/mol. The van der Waals surface area contributed by atoms with Gasteiger partial charge in [-0.05, 0) is 56.1 Å². The van der Waals surface area contributed by atoms with Crippen LogP contribution >= 0.6 is 11.8 Å². The van der Waals surface area contributed by atoms with Gasteiger partial charge >= 0.3 is 0 Å². The zero-order valence-corrected chi connectivity index (χ0v) is 14.4. The molecule has 2 nitrogen and oxygen atoms in total. The molecule has 0 aliphatic carbocycles. The van der Waals surface area contributed by atoms with Gasteiger partial charge in [0, 0.05) is 31.1 Å². The molecule has 0 amide bonds. The molecule has 0 N–H and O–H groups in total. The fraction of sp³-hybridized carbons (Fsp3) is 0.400. The van der Waals surface area contributed by atoms with Crippen molar-refractivity contribution in [2.45, 2.75) is 30.1 Å². The van der Waals surface area contributed by atoms with Crippen molar-refractivity contribution >= 4 is 23.1 Å². The van der Waals surface area contributed by atoms with Gasteiger partial charge in [0.15, 0.2) is 0 Å². The van der Waals surface area contributed by atoms with Gasteiger partial charge in [-0.3, -0.25) is 0 Å². The number of para-hydroxylation sites is 1. The molecule has 0 saturated heterocycles. The largest absolute Gasteiger partial charge is 0.339 e. The Hall–Kier alpha value is -1.45. The van der Waals surface area contributed by atoms with Crippen molar-refractivity contribution in [2.24, 2.45) is 5.92 Å². The van der Waals surface area contributed by atoms with E-state index in [0.717, 1.165) is 27.6 Å². The maximum atomic E-state index is 7.63. The van der Waals surface area contributed by atoms with E-state index in [1.807, 2.05) is 19.1 Å². The van der Waals surface area contributed by atoms with E-state index in [9.17, 15) is 0 Å². The predicted octanol–water partition coefficient (Wildman–Crippen LogP) is 5.05. The highest BCUT2D eigenvalue weighted by molar-refractivity contribution is 7.99. The maximum absolute atomic E-state index is 7.63. The van der Waals surface area contributed by atoms with Crippen LogP contribution in [0.1, 0.15) is 27.6 Å². The second-order valence-corrected chi connectivity index (χ2v) is 7.14. The Bertz CT molecular complexity index is 851. The van der Waals surface area contributed by atoms with Crippen LogP contribution in [0.25, 0.3) is 0 Å². The molecule has 23 heavy (non-hydrogen) atoms. The molecule has 1 unspecified atom stereocenters. The zero-order chi connectivity index (χ0) is 21.4. The van der Waals surface area contributed by atoms with Gasteiger partial charge in [-0.1, -0.05) is 43.8 Å². The van der Waals surface area contributed by atoms with Crippen LogP contribution in [0, 0.1) is 5.92 Å². The number of hydrogen-bond donors (Lipinski definition) is 0. The van der Waals surface area contributed by atoms with Crippen molar-refractivity contribution in [1.29, 1.82) is 0 Å². The van der Waals surface area contributed by atoms with Crippen LogP contribution in [-0.4, -0.2) is 31.9 Å². The van der Waals surface area contributed by atoms with Gasteiger partial charge in [-0.2, -0.15) is 0 Å². The third kappa shape index (κ3) is 3.56. The van der Waals surface area contributed by atoms with E-state index in [2.05, 4.69) is 42.2 Å². The Balaban J connectivity index is 1.92. The first-order chi connectivity index (χ1) is 13.5. The molecule has 0 radical (unpaired) electrons. The molecule has 0 spiro atoms. The third-order valence-electron chi connectivity index (χ3n) is 4.09. The lowest BCUT2D eigenvalue weighted by Crippen LogP contribution is -2.31. The number of rotatable bonds is 5. The minimum atomic E-state index is -2.66. The second kappa shape index (κ2) is 6.98. The molecular formula is C20H26N2S. The Kier molecular flexibility index (Phi) is 3.16. The smallest absolute Gasteiger partial charge is 0.0555 e.